The van der Waals surface area contributed by atoms with Crippen LogP contribution in [0.2, 0.25) is 0 Å². The molecule has 1 aromatic carbocycles. The van der Waals surface area contributed by atoms with Gasteiger partial charge < -0.3 is 10.1 Å². The number of carbonyl (C=O) groups is 1. The fourth-order valence-electron chi connectivity index (χ4n) is 2.27. The van der Waals surface area contributed by atoms with Gasteiger partial charge in [0, 0.05) is 13.6 Å². The fourth-order valence-corrected chi connectivity index (χ4v) is 2.27. The van der Waals surface area contributed by atoms with Crippen molar-refractivity contribution in [1.82, 2.24) is 15.1 Å². The lowest BCUT2D eigenvalue weighted by Gasteiger charge is -2.08. The van der Waals surface area contributed by atoms with E-state index >= 15 is 0 Å². The second-order valence-electron chi connectivity index (χ2n) is 5.47. The Bertz CT molecular complexity index is 738. The molecule has 1 amide bonds. The van der Waals surface area contributed by atoms with E-state index in [4.69, 9.17) is 4.74 Å². The Balaban J connectivity index is 1.93. The molecule has 0 spiro atoms. The molecule has 24 heavy (non-hydrogen) atoms. The van der Waals surface area contributed by atoms with Gasteiger partial charge >= 0.3 is 0 Å². The SMILES string of the molecule is CCC=C(F)COc1cccc(CNC(=O)c2cc(C)nn2C)c1. The topological polar surface area (TPSA) is 56.1 Å². The second kappa shape index (κ2) is 8.29. The number of nitrogens with one attached hydrogen (secondary N) is 1. The van der Waals surface area contributed by atoms with Gasteiger partial charge in [-0.3, -0.25) is 9.48 Å². The first-order valence-corrected chi connectivity index (χ1v) is 7.84. The van der Waals surface area contributed by atoms with Crippen LogP contribution in [-0.4, -0.2) is 22.3 Å². The maximum absolute atomic E-state index is 13.3. The summed E-state index contributed by atoms with van der Waals surface area (Å²) in [6, 6.07) is 8.97. The average molecular weight is 331 g/mol. The summed E-state index contributed by atoms with van der Waals surface area (Å²) in [6.45, 7) is 3.97. The van der Waals surface area contributed by atoms with Gasteiger partial charge in [0.05, 0.1) is 5.69 Å². The lowest BCUT2D eigenvalue weighted by molar-refractivity contribution is 0.0941. The molecule has 1 N–H and O–H groups in total. The fraction of sp³-hybridized carbons (Fsp3) is 0.333. The van der Waals surface area contributed by atoms with Crippen LogP contribution in [0.5, 0.6) is 5.75 Å². The minimum Gasteiger partial charge on any atom is -0.487 e. The highest BCUT2D eigenvalue weighted by Gasteiger charge is 2.11. The van der Waals surface area contributed by atoms with E-state index in [0.717, 1.165) is 11.3 Å². The maximum Gasteiger partial charge on any atom is 0.269 e. The highest BCUT2D eigenvalue weighted by atomic mass is 19.1. The number of ether oxygens (including phenoxy) is 1. The van der Waals surface area contributed by atoms with Crippen LogP contribution in [0, 0.1) is 6.92 Å². The molecule has 0 aliphatic heterocycles. The third-order valence-electron chi connectivity index (χ3n) is 3.39. The molecule has 1 aromatic heterocycles. The van der Waals surface area contributed by atoms with Crippen molar-refractivity contribution >= 4 is 5.91 Å². The second-order valence-corrected chi connectivity index (χ2v) is 5.47. The van der Waals surface area contributed by atoms with Crippen LogP contribution in [0.25, 0.3) is 0 Å². The maximum atomic E-state index is 13.3. The molecule has 128 valence electrons. The normalized spacial score (nSPS) is 11.4. The standard InChI is InChI=1S/C18H22FN3O2/c1-4-6-15(19)12-24-16-8-5-7-14(10-16)11-20-18(23)17-9-13(2)21-22(17)3/h5-10H,4,11-12H2,1-3H3,(H,20,23). The summed E-state index contributed by atoms with van der Waals surface area (Å²) in [7, 11) is 1.73. The molecule has 0 atom stereocenters. The molecule has 0 aliphatic rings. The van der Waals surface area contributed by atoms with E-state index < -0.39 is 0 Å². The highest BCUT2D eigenvalue weighted by Crippen LogP contribution is 2.15. The number of benzene rings is 1. The van der Waals surface area contributed by atoms with Crippen LogP contribution in [-0.2, 0) is 13.6 Å². The van der Waals surface area contributed by atoms with E-state index in [0.29, 0.717) is 24.4 Å². The molecule has 0 unspecified atom stereocenters. The first kappa shape index (κ1) is 17.7. The minimum atomic E-state index is -0.289. The summed E-state index contributed by atoms with van der Waals surface area (Å²) >= 11 is 0. The third kappa shape index (κ3) is 4.94. The van der Waals surface area contributed by atoms with Gasteiger partial charge in [-0.05, 0) is 43.2 Å². The van der Waals surface area contributed by atoms with Crippen molar-refractivity contribution in [3.05, 3.63) is 59.2 Å². The summed E-state index contributed by atoms with van der Waals surface area (Å²) in [5.41, 5.74) is 2.17. The molecule has 2 aromatic rings. The van der Waals surface area contributed by atoms with E-state index in [-0.39, 0.29) is 18.3 Å². The van der Waals surface area contributed by atoms with Crippen molar-refractivity contribution in [2.75, 3.05) is 6.61 Å². The van der Waals surface area contributed by atoms with Crippen molar-refractivity contribution in [2.45, 2.75) is 26.8 Å². The largest absolute Gasteiger partial charge is 0.487 e. The van der Waals surface area contributed by atoms with E-state index in [1.54, 1.807) is 29.9 Å². The predicted octanol–water partition coefficient (Wildman–Crippen LogP) is 3.30. The average Bonchev–Trinajstić information content (AvgIpc) is 2.90. The summed E-state index contributed by atoms with van der Waals surface area (Å²) in [5, 5.41) is 6.99. The number of hydrogen-bond acceptors (Lipinski definition) is 3. The molecule has 0 saturated heterocycles. The highest BCUT2D eigenvalue weighted by molar-refractivity contribution is 5.92. The Kier molecular flexibility index (Phi) is 6.12. The Morgan fingerprint density at radius 2 is 2.21 bits per heavy atom. The van der Waals surface area contributed by atoms with Crippen molar-refractivity contribution in [1.29, 1.82) is 0 Å². The summed E-state index contributed by atoms with van der Waals surface area (Å²) in [5.74, 6) is 0.0851. The van der Waals surface area contributed by atoms with Gasteiger partial charge in [0.15, 0.2) is 0 Å². The van der Waals surface area contributed by atoms with Crippen molar-refractivity contribution in [3.63, 3.8) is 0 Å². The molecular weight excluding hydrogens is 309 g/mol. The lowest BCUT2D eigenvalue weighted by Crippen LogP contribution is -2.25. The number of allylic oxidation sites excluding steroid dienone is 1. The molecule has 0 aliphatic carbocycles. The number of aryl methyl sites for hydroxylation is 2. The number of carbonyl (C=O) groups excluding carboxylic acids is 1. The predicted molar refractivity (Wildman–Crippen MR) is 90.5 cm³/mol. The van der Waals surface area contributed by atoms with E-state index in [1.165, 1.54) is 6.08 Å². The van der Waals surface area contributed by atoms with Crippen LogP contribution < -0.4 is 10.1 Å². The number of amides is 1. The van der Waals surface area contributed by atoms with Crippen LogP contribution in [0.4, 0.5) is 4.39 Å². The Morgan fingerprint density at radius 1 is 1.42 bits per heavy atom. The summed E-state index contributed by atoms with van der Waals surface area (Å²) < 4.78 is 20.3. The van der Waals surface area contributed by atoms with E-state index in [2.05, 4.69) is 10.4 Å². The van der Waals surface area contributed by atoms with Gasteiger partial charge in [0.1, 0.15) is 23.9 Å². The van der Waals surface area contributed by atoms with Crippen LogP contribution in [0.15, 0.2) is 42.2 Å². The van der Waals surface area contributed by atoms with Gasteiger partial charge in [-0.25, -0.2) is 4.39 Å². The van der Waals surface area contributed by atoms with Crippen molar-refractivity contribution in [2.24, 2.45) is 7.05 Å². The first-order valence-electron chi connectivity index (χ1n) is 7.84. The molecule has 1 heterocycles. The van der Waals surface area contributed by atoms with Gasteiger partial charge in [-0.2, -0.15) is 5.10 Å². The van der Waals surface area contributed by atoms with Gasteiger partial charge in [0.25, 0.3) is 5.91 Å². The molecule has 0 bridgehead atoms. The molecule has 0 radical (unpaired) electrons. The van der Waals surface area contributed by atoms with Crippen molar-refractivity contribution < 1.29 is 13.9 Å². The molecule has 5 nitrogen and oxygen atoms in total. The molecule has 0 fully saturated rings. The van der Waals surface area contributed by atoms with E-state index in [1.807, 2.05) is 26.0 Å². The molecule has 0 saturated carbocycles. The number of rotatable bonds is 7. The smallest absolute Gasteiger partial charge is 0.269 e. The van der Waals surface area contributed by atoms with Crippen LogP contribution >= 0.6 is 0 Å². The zero-order valence-electron chi connectivity index (χ0n) is 14.2. The molecular formula is C18H22FN3O2. The summed E-state index contributed by atoms with van der Waals surface area (Å²) in [4.78, 5) is 12.2. The minimum absolute atomic E-state index is 0.0854. The van der Waals surface area contributed by atoms with Crippen molar-refractivity contribution in [3.8, 4) is 5.75 Å². The summed E-state index contributed by atoms with van der Waals surface area (Å²) in [6.07, 6.45) is 2.12. The zero-order valence-corrected chi connectivity index (χ0v) is 14.2. The molecule has 2 rings (SSSR count). The Labute approximate surface area is 141 Å². The zero-order chi connectivity index (χ0) is 17.5. The number of hydrogen-bond donors (Lipinski definition) is 1. The molecule has 6 heteroatoms. The number of halogens is 1. The van der Waals surface area contributed by atoms with Crippen LogP contribution in [0.3, 0.4) is 0 Å². The number of nitrogens with zero attached hydrogens (tertiary/aromatic N) is 2. The quantitative estimate of drug-likeness (QED) is 0.847. The number of aromatic nitrogens is 2. The van der Waals surface area contributed by atoms with E-state index in [9.17, 15) is 9.18 Å². The Hall–Kier alpha value is -2.63. The Morgan fingerprint density at radius 3 is 2.88 bits per heavy atom. The van der Waals surface area contributed by atoms with Gasteiger partial charge in [-0.15, -0.1) is 0 Å². The lowest BCUT2D eigenvalue weighted by atomic mass is 10.2. The van der Waals surface area contributed by atoms with Gasteiger partial charge in [0.2, 0.25) is 0 Å². The monoisotopic (exact) mass is 331 g/mol. The first-order chi connectivity index (χ1) is 11.5. The third-order valence-corrected chi connectivity index (χ3v) is 3.39. The van der Waals surface area contributed by atoms with Gasteiger partial charge in [-0.1, -0.05) is 19.1 Å². The van der Waals surface area contributed by atoms with Crippen LogP contribution in [0.1, 0.15) is 35.1 Å².